The highest BCUT2D eigenvalue weighted by Gasteiger charge is 2.51. The van der Waals surface area contributed by atoms with Crippen molar-refractivity contribution in [3.8, 4) is 0 Å². The first-order valence-electron chi connectivity index (χ1n) is 6.28. The topological polar surface area (TPSA) is 49.4 Å². The van der Waals surface area contributed by atoms with Gasteiger partial charge in [0.1, 0.15) is 6.29 Å². The van der Waals surface area contributed by atoms with Gasteiger partial charge in [-0.15, -0.1) is 0 Å². The number of benzene rings is 1. The van der Waals surface area contributed by atoms with E-state index < -0.39 is 0 Å². The number of amides is 2. The summed E-state index contributed by atoms with van der Waals surface area (Å²) < 4.78 is 0. The van der Waals surface area contributed by atoms with Crippen LogP contribution in [0.25, 0.3) is 0 Å². The molecule has 1 aliphatic heterocycles. The third kappa shape index (κ3) is 1.78. The lowest BCUT2D eigenvalue weighted by atomic mass is 9.66. The van der Waals surface area contributed by atoms with E-state index in [0.717, 1.165) is 19.1 Å². The van der Waals surface area contributed by atoms with E-state index in [1.54, 1.807) is 4.90 Å². The fraction of sp³-hybridized carbons (Fsp3) is 0.429. The summed E-state index contributed by atoms with van der Waals surface area (Å²) in [7, 11) is 0. The third-order valence-corrected chi connectivity index (χ3v) is 3.99. The van der Waals surface area contributed by atoms with Gasteiger partial charge in [0.05, 0.1) is 12.1 Å². The summed E-state index contributed by atoms with van der Waals surface area (Å²) in [4.78, 5) is 23.8. The number of hydrogen-bond acceptors (Lipinski definition) is 2. The highest BCUT2D eigenvalue weighted by molar-refractivity contribution is 5.80. The Morgan fingerprint density at radius 1 is 1.33 bits per heavy atom. The Morgan fingerprint density at radius 3 is 2.72 bits per heavy atom. The van der Waals surface area contributed by atoms with E-state index in [-0.39, 0.29) is 18.1 Å². The molecule has 2 fully saturated rings. The largest absolute Gasteiger partial charge is 0.331 e. The van der Waals surface area contributed by atoms with Crippen molar-refractivity contribution >= 4 is 12.3 Å². The molecule has 4 heteroatoms. The van der Waals surface area contributed by atoms with Crippen molar-refractivity contribution in [3.05, 3.63) is 35.9 Å². The molecule has 1 aliphatic carbocycles. The van der Waals surface area contributed by atoms with E-state index in [1.807, 2.05) is 18.2 Å². The van der Waals surface area contributed by atoms with Crippen LogP contribution in [0, 0.1) is 0 Å². The Kier molecular flexibility index (Phi) is 2.58. The second-order valence-corrected chi connectivity index (χ2v) is 5.27. The molecule has 94 valence electrons. The fourth-order valence-corrected chi connectivity index (χ4v) is 3.10. The van der Waals surface area contributed by atoms with Gasteiger partial charge in [0.25, 0.3) is 0 Å². The predicted octanol–water partition coefficient (Wildman–Crippen LogP) is 1.53. The molecule has 0 atom stereocenters. The van der Waals surface area contributed by atoms with Crippen LogP contribution in [-0.2, 0) is 4.79 Å². The lowest BCUT2D eigenvalue weighted by molar-refractivity contribution is -0.108. The van der Waals surface area contributed by atoms with Crippen LogP contribution < -0.4 is 5.32 Å². The van der Waals surface area contributed by atoms with Crippen LogP contribution in [0.15, 0.2) is 30.3 Å². The van der Waals surface area contributed by atoms with Crippen LogP contribution in [0.1, 0.15) is 24.3 Å². The van der Waals surface area contributed by atoms with Crippen LogP contribution >= 0.6 is 0 Å². The lowest BCUT2D eigenvalue weighted by Crippen LogP contribution is -2.53. The maximum atomic E-state index is 11.7. The molecule has 0 bridgehead atoms. The molecular formula is C14H16N2O2. The van der Waals surface area contributed by atoms with Crippen LogP contribution in [0.4, 0.5) is 4.79 Å². The van der Waals surface area contributed by atoms with Crippen molar-refractivity contribution in [1.29, 1.82) is 0 Å². The molecule has 18 heavy (non-hydrogen) atoms. The Bertz CT molecular complexity index is 466. The van der Waals surface area contributed by atoms with Crippen LogP contribution in [0.2, 0.25) is 0 Å². The summed E-state index contributed by atoms with van der Waals surface area (Å²) in [5, 5.41) is 3.03. The lowest BCUT2D eigenvalue weighted by Gasteiger charge is -2.44. The van der Waals surface area contributed by atoms with Crippen molar-refractivity contribution in [2.75, 3.05) is 13.1 Å². The molecule has 1 spiro atoms. The number of carbonyl (C=O) groups excluding carboxylic acids is 2. The standard InChI is InChI=1S/C14H16N2O2/c17-7-6-16-10-14(15-13(16)18)8-12(9-14)11-4-2-1-3-5-11/h1-5,7,12H,6,8-10H2,(H,15,18)/t12-,14+. The van der Waals surface area contributed by atoms with Crippen molar-refractivity contribution in [3.63, 3.8) is 0 Å². The zero-order valence-electron chi connectivity index (χ0n) is 10.1. The molecule has 0 unspecified atom stereocenters. The van der Waals surface area contributed by atoms with Gasteiger partial charge in [0, 0.05) is 6.54 Å². The second-order valence-electron chi connectivity index (χ2n) is 5.27. The average molecular weight is 244 g/mol. The predicted molar refractivity (Wildman–Crippen MR) is 67.3 cm³/mol. The molecule has 0 radical (unpaired) electrons. The summed E-state index contributed by atoms with van der Waals surface area (Å²) in [5.74, 6) is 0.530. The molecule has 1 aromatic carbocycles. The molecule has 0 aromatic heterocycles. The minimum atomic E-state index is -0.103. The number of nitrogens with one attached hydrogen (secondary N) is 1. The molecule has 3 rings (SSSR count). The van der Waals surface area contributed by atoms with E-state index in [0.29, 0.717) is 12.5 Å². The van der Waals surface area contributed by atoms with Crippen molar-refractivity contribution < 1.29 is 9.59 Å². The Balaban J connectivity index is 1.65. The Labute approximate surface area is 106 Å². The number of rotatable bonds is 3. The highest BCUT2D eigenvalue weighted by Crippen LogP contribution is 2.46. The second kappa shape index (κ2) is 4.12. The zero-order chi connectivity index (χ0) is 12.6. The number of urea groups is 1. The molecule has 1 heterocycles. The average Bonchev–Trinajstić information content (AvgIpc) is 2.67. The molecule has 1 saturated carbocycles. The molecule has 1 N–H and O–H groups in total. The molecular weight excluding hydrogens is 228 g/mol. The van der Waals surface area contributed by atoms with Crippen LogP contribution in [0.3, 0.4) is 0 Å². The van der Waals surface area contributed by atoms with E-state index in [2.05, 4.69) is 17.4 Å². The van der Waals surface area contributed by atoms with Gasteiger partial charge >= 0.3 is 6.03 Å². The molecule has 2 aliphatic rings. The summed E-state index contributed by atoms with van der Waals surface area (Å²) in [5.41, 5.74) is 1.24. The summed E-state index contributed by atoms with van der Waals surface area (Å²) in [6.45, 7) is 0.859. The van der Waals surface area contributed by atoms with Gasteiger partial charge in [-0.1, -0.05) is 30.3 Å². The molecule has 4 nitrogen and oxygen atoms in total. The minimum Gasteiger partial charge on any atom is -0.331 e. The van der Waals surface area contributed by atoms with E-state index in [9.17, 15) is 9.59 Å². The van der Waals surface area contributed by atoms with Gasteiger partial charge < -0.3 is 15.0 Å². The monoisotopic (exact) mass is 244 g/mol. The zero-order valence-corrected chi connectivity index (χ0v) is 10.1. The maximum Gasteiger partial charge on any atom is 0.318 e. The third-order valence-electron chi connectivity index (χ3n) is 3.99. The Morgan fingerprint density at radius 2 is 2.06 bits per heavy atom. The molecule has 2 amide bonds. The van der Waals surface area contributed by atoms with E-state index in [4.69, 9.17) is 0 Å². The minimum absolute atomic E-state index is 0.0966. The Hall–Kier alpha value is -1.84. The van der Waals surface area contributed by atoms with Gasteiger partial charge in [0.15, 0.2) is 0 Å². The smallest absolute Gasteiger partial charge is 0.318 e. The quantitative estimate of drug-likeness (QED) is 0.820. The van der Waals surface area contributed by atoms with Gasteiger partial charge in [-0.25, -0.2) is 4.79 Å². The van der Waals surface area contributed by atoms with E-state index >= 15 is 0 Å². The normalized spacial score (nSPS) is 30.1. The number of carbonyl (C=O) groups is 2. The maximum absolute atomic E-state index is 11.7. The first-order chi connectivity index (χ1) is 8.72. The van der Waals surface area contributed by atoms with Crippen molar-refractivity contribution in [2.45, 2.75) is 24.3 Å². The van der Waals surface area contributed by atoms with Crippen molar-refractivity contribution in [2.24, 2.45) is 0 Å². The summed E-state index contributed by atoms with van der Waals surface area (Å²) in [6, 6.07) is 10.3. The van der Waals surface area contributed by atoms with Crippen LogP contribution in [0.5, 0.6) is 0 Å². The number of hydrogen-bond donors (Lipinski definition) is 1. The van der Waals surface area contributed by atoms with E-state index in [1.165, 1.54) is 5.56 Å². The van der Waals surface area contributed by atoms with Crippen molar-refractivity contribution in [1.82, 2.24) is 10.2 Å². The van der Waals surface area contributed by atoms with Gasteiger partial charge in [0.2, 0.25) is 0 Å². The number of aldehydes is 1. The van der Waals surface area contributed by atoms with Crippen LogP contribution in [-0.4, -0.2) is 35.8 Å². The summed E-state index contributed by atoms with van der Waals surface area (Å²) >= 11 is 0. The molecule has 1 saturated heterocycles. The first kappa shape index (κ1) is 11.3. The highest BCUT2D eigenvalue weighted by atomic mass is 16.2. The molecule has 1 aromatic rings. The summed E-state index contributed by atoms with van der Waals surface area (Å²) in [6.07, 6.45) is 2.72. The number of nitrogens with zero attached hydrogens (tertiary/aromatic N) is 1. The van der Waals surface area contributed by atoms with Gasteiger partial charge in [-0.2, -0.15) is 0 Å². The first-order valence-corrected chi connectivity index (χ1v) is 6.28. The fourth-order valence-electron chi connectivity index (χ4n) is 3.10. The van der Waals surface area contributed by atoms with Gasteiger partial charge in [-0.05, 0) is 24.3 Å². The van der Waals surface area contributed by atoms with Gasteiger partial charge in [-0.3, -0.25) is 0 Å². The SMILES string of the molecule is O=CCN1C[C@]2(C[C@H](c3ccccc3)C2)NC1=O.